The van der Waals surface area contributed by atoms with Gasteiger partial charge in [-0.25, -0.2) is 4.39 Å². The normalized spacial score (nSPS) is 22.5. The van der Waals surface area contributed by atoms with Gasteiger partial charge < -0.3 is 14.8 Å². The second-order valence-corrected chi connectivity index (χ2v) is 8.42. The Morgan fingerprint density at radius 3 is 2.52 bits per heavy atom. The van der Waals surface area contributed by atoms with Gasteiger partial charge in [0.05, 0.1) is 6.61 Å². The minimum atomic E-state index is -0.871. The fourth-order valence-corrected chi connectivity index (χ4v) is 4.56. The molecule has 172 valence electrons. The first-order chi connectivity index (χ1) is 15.9. The molecule has 7 heteroatoms. The molecule has 0 radical (unpaired) electrons. The Bertz CT molecular complexity index is 1110. The van der Waals surface area contributed by atoms with Crippen molar-refractivity contribution in [2.24, 2.45) is 11.8 Å². The number of amides is 1. The second-order valence-electron chi connectivity index (χ2n) is 8.42. The summed E-state index contributed by atoms with van der Waals surface area (Å²) in [6.45, 7) is 3.82. The maximum atomic E-state index is 13.8. The number of rotatable bonds is 6. The molecule has 2 aromatic rings. The molecule has 0 saturated heterocycles. The zero-order chi connectivity index (χ0) is 23.5. The van der Waals surface area contributed by atoms with Crippen molar-refractivity contribution in [3.8, 4) is 5.75 Å². The van der Waals surface area contributed by atoms with E-state index in [-0.39, 0.29) is 43.1 Å². The molecule has 1 aliphatic carbocycles. The molecule has 1 heterocycles. The monoisotopic (exact) mass is 451 g/mol. The molecular weight excluding hydrogens is 425 g/mol. The number of ketones is 1. The van der Waals surface area contributed by atoms with Crippen LogP contribution in [0.3, 0.4) is 0 Å². The fourth-order valence-electron chi connectivity index (χ4n) is 4.56. The molecule has 3 atom stereocenters. The Kier molecular flexibility index (Phi) is 6.58. The molecule has 1 N–H and O–H groups in total. The van der Waals surface area contributed by atoms with Crippen LogP contribution in [0.4, 0.5) is 4.39 Å². The van der Waals surface area contributed by atoms with Crippen LogP contribution in [0.1, 0.15) is 43.7 Å². The summed E-state index contributed by atoms with van der Waals surface area (Å²) in [5.41, 5.74) is 2.30. The number of carbonyl (C=O) groups is 3. The maximum Gasteiger partial charge on any atom is 0.317 e. The summed E-state index contributed by atoms with van der Waals surface area (Å²) >= 11 is 0. The van der Waals surface area contributed by atoms with Crippen molar-refractivity contribution in [2.75, 3.05) is 6.61 Å². The highest BCUT2D eigenvalue weighted by atomic mass is 19.1. The molecule has 2 aromatic carbocycles. The van der Waals surface area contributed by atoms with Crippen LogP contribution >= 0.6 is 0 Å². The average molecular weight is 451 g/mol. The molecule has 0 bridgehead atoms. The van der Waals surface area contributed by atoms with Gasteiger partial charge in [-0.05, 0) is 43.0 Å². The lowest BCUT2D eigenvalue weighted by Crippen LogP contribution is -2.44. The van der Waals surface area contributed by atoms with E-state index in [9.17, 15) is 18.8 Å². The summed E-state index contributed by atoms with van der Waals surface area (Å²) in [5, 5.41) is 2.83. The van der Waals surface area contributed by atoms with Crippen molar-refractivity contribution in [1.82, 2.24) is 5.32 Å². The van der Waals surface area contributed by atoms with Crippen LogP contribution in [0.5, 0.6) is 5.75 Å². The first kappa shape index (κ1) is 22.7. The van der Waals surface area contributed by atoms with E-state index in [1.807, 2.05) is 6.92 Å². The van der Waals surface area contributed by atoms with Gasteiger partial charge in [0.25, 0.3) is 0 Å². The smallest absolute Gasteiger partial charge is 0.317 e. The summed E-state index contributed by atoms with van der Waals surface area (Å²) in [5.74, 6) is -2.33. The van der Waals surface area contributed by atoms with Gasteiger partial charge in [-0.3, -0.25) is 14.4 Å². The molecule has 0 saturated carbocycles. The number of hydrogen-bond acceptors (Lipinski definition) is 5. The maximum absolute atomic E-state index is 13.8. The fraction of sp³-hybridized carbons (Fsp3) is 0.346. The summed E-state index contributed by atoms with van der Waals surface area (Å²) in [6.07, 6.45) is 0.542. The first-order valence-corrected chi connectivity index (χ1v) is 11.1. The standard InChI is InChI=1S/C26H26FNO5/c1-3-32-26(31)23-15(2)12-21-24(25(23)30)19(13-22(29)28-21)16-8-10-18(11-9-16)33-14-17-6-4-5-7-20(17)27/h4-11,15,19,23H,3,12-14H2,1-2H3,(H,28,29). The third-order valence-corrected chi connectivity index (χ3v) is 6.17. The van der Waals surface area contributed by atoms with E-state index in [2.05, 4.69) is 5.32 Å². The van der Waals surface area contributed by atoms with E-state index in [0.717, 1.165) is 5.56 Å². The molecule has 1 aliphatic heterocycles. The average Bonchev–Trinajstić information content (AvgIpc) is 2.78. The molecule has 0 fully saturated rings. The molecule has 6 nitrogen and oxygen atoms in total. The third kappa shape index (κ3) is 4.67. The molecule has 0 spiro atoms. The van der Waals surface area contributed by atoms with Gasteiger partial charge >= 0.3 is 5.97 Å². The molecule has 4 rings (SSSR count). The highest BCUT2D eigenvalue weighted by Gasteiger charge is 2.45. The number of nitrogens with one attached hydrogen (secondary N) is 1. The minimum Gasteiger partial charge on any atom is -0.489 e. The lowest BCUT2D eigenvalue weighted by molar-refractivity contribution is -0.153. The highest BCUT2D eigenvalue weighted by molar-refractivity contribution is 6.11. The number of esters is 1. The van der Waals surface area contributed by atoms with Crippen LogP contribution in [0.2, 0.25) is 0 Å². The predicted molar refractivity (Wildman–Crippen MR) is 119 cm³/mol. The Labute approximate surface area is 191 Å². The Balaban J connectivity index is 1.56. The lowest BCUT2D eigenvalue weighted by Gasteiger charge is -2.36. The molecule has 33 heavy (non-hydrogen) atoms. The van der Waals surface area contributed by atoms with E-state index in [1.54, 1.807) is 49.4 Å². The van der Waals surface area contributed by atoms with E-state index in [4.69, 9.17) is 9.47 Å². The van der Waals surface area contributed by atoms with E-state index in [0.29, 0.717) is 29.0 Å². The van der Waals surface area contributed by atoms with E-state index < -0.39 is 17.8 Å². The molecular formula is C26H26FNO5. The largest absolute Gasteiger partial charge is 0.489 e. The zero-order valence-electron chi connectivity index (χ0n) is 18.6. The quantitative estimate of drug-likeness (QED) is 0.529. The van der Waals surface area contributed by atoms with Gasteiger partial charge in [0, 0.05) is 29.2 Å². The predicted octanol–water partition coefficient (Wildman–Crippen LogP) is 4.05. The first-order valence-electron chi connectivity index (χ1n) is 11.1. The van der Waals surface area contributed by atoms with Crippen LogP contribution in [0.15, 0.2) is 59.8 Å². The minimum absolute atomic E-state index is 0.0880. The van der Waals surface area contributed by atoms with Crippen molar-refractivity contribution in [3.63, 3.8) is 0 Å². The van der Waals surface area contributed by atoms with Crippen molar-refractivity contribution in [2.45, 2.75) is 39.2 Å². The summed E-state index contributed by atoms with van der Waals surface area (Å²) in [4.78, 5) is 38.2. The molecule has 1 amide bonds. The Morgan fingerprint density at radius 1 is 1.09 bits per heavy atom. The molecule has 0 aromatic heterocycles. The SMILES string of the molecule is CCOC(=O)C1C(=O)C2=C(CC1C)NC(=O)CC2c1ccc(OCc2ccccc2F)cc1. The Morgan fingerprint density at radius 2 is 1.82 bits per heavy atom. The number of hydrogen-bond donors (Lipinski definition) is 1. The van der Waals surface area contributed by atoms with Gasteiger partial charge in [-0.15, -0.1) is 0 Å². The van der Waals surface area contributed by atoms with Crippen molar-refractivity contribution in [3.05, 3.63) is 76.7 Å². The van der Waals surface area contributed by atoms with Gasteiger partial charge in [0.15, 0.2) is 5.78 Å². The number of Topliss-reactive ketones (excluding diaryl/α,β-unsaturated/α-hetero) is 1. The summed E-state index contributed by atoms with van der Waals surface area (Å²) < 4.78 is 24.6. The number of ether oxygens (including phenoxy) is 2. The van der Waals surface area contributed by atoms with Gasteiger partial charge in [0.2, 0.25) is 5.91 Å². The highest BCUT2D eigenvalue weighted by Crippen LogP contribution is 2.42. The van der Waals surface area contributed by atoms with Crippen LogP contribution in [0, 0.1) is 17.7 Å². The van der Waals surface area contributed by atoms with Gasteiger partial charge in [-0.1, -0.05) is 37.3 Å². The van der Waals surface area contributed by atoms with Gasteiger partial charge in [-0.2, -0.15) is 0 Å². The second kappa shape index (κ2) is 9.57. The van der Waals surface area contributed by atoms with Crippen LogP contribution in [-0.4, -0.2) is 24.3 Å². The third-order valence-electron chi connectivity index (χ3n) is 6.17. The van der Waals surface area contributed by atoms with Crippen LogP contribution in [-0.2, 0) is 25.7 Å². The van der Waals surface area contributed by atoms with E-state index in [1.165, 1.54) is 6.07 Å². The number of carbonyl (C=O) groups excluding carboxylic acids is 3. The summed E-state index contributed by atoms with van der Waals surface area (Å²) in [7, 11) is 0. The topological polar surface area (TPSA) is 81.7 Å². The lowest BCUT2D eigenvalue weighted by atomic mass is 9.70. The molecule has 2 aliphatic rings. The van der Waals surface area contributed by atoms with E-state index >= 15 is 0 Å². The van der Waals surface area contributed by atoms with Crippen LogP contribution in [0.25, 0.3) is 0 Å². The van der Waals surface area contributed by atoms with Gasteiger partial charge in [0.1, 0.15) is 24.1 Å². The Hall–Kier alpha value is -3.48. The number of allylic oxidation sites excluding steroid dienone is 2. The van der Waals surface area contributed by atoms with Crippen molar-refractivity contribution in [1.29, 1.82) is 0 Å². The van der Waals surface area contributed by atoms with Crippen molar-refractivity contribution < 1.29 is 28.2 Å². The van der Waals surface area contributed by atoms with Crippen LogP contribution < -0.4 is 10.1 Å². The molecule has 3 unspecified atom stereocenters. The number of halogens is 1. The zero-order valence-corrected chi connectivity index (χ0v) is 18.6. The summed E-state index contributed by atoms with van der Waals surface area (Å²) in [6, 6.07) is 13.5. The number of benzene rings is 2. The van der Waals surface area contributed by atoms with Crippen molar-refractivity contribution >= 4 is 17.7 Å².